The SMILES string of the molecule is CS(=O)(=O)c1ccc(Nc2cc(Cl)c(N)c(Cl)c2)c([N+](=O)[O-])c1. The lowest BCUT2D eigenvalue weighted by atomic mass is 10.2. The van der Waals surface area contributed by atoms with E-state index in [1.807, 2.05) is 0 Å². The molecular formula is C13H11Cl2N3O4S. The zero-order valence-corrected chi connectivity index (χ0v) is 14.0. The molecule has 0 spiro atoms. The molecule has 0 saturated carbocycles. The second-order valence-electron chi connectivity index (χ2n) is 4.69. The van der Waals surface area contributed by atoms with Crippen LogP contribution >= 0.6 is 23.2 Å². The zero-order valence-electron chi connectivity index (χ0n) is 11.7. The number of nitrogen functional groups attached to an aromatic ring is 1. The number of hydrogen-bond acceptors (Lipinski definition) is 6. The highest BCUT2D eigenvalue weighted by Crippen LogP contribution is 2.35. The van der Waals surface area contributed by atoms with Crippen LogP contribution in [0.5, 0.6) is 0 Å². The number of rotatable bonds is 4. The van der Waals surface area contributed by atoms with E-state index in [1.165, 1.54) is 24.3 Å². The number of anilines is 3. The van der Waals surface area contributed by atoms with Gasteiger partial charge in [-0.1, -0.05) is 23.2 Å². The van der Waals surface area contributed by atoms with Gasteiger partial charge in [0, 0.05) is 18.0 Å². The summed E-state index contributed by atoms with van der Waals surface area (Å²) in [6.45, 7) is 0. The van der Waals surface area contributed by atoms with Crippen molar-refractivity contribution in [2.75, 3.05) is 17.3 Å². The maximum absolute atomic E-state index is 11.5. The third-order valence-electron chi connectivity index (χ3n) is 2.95. The Morgan fingerprint density at radius 3 is 2.22 bits per heavy atom. The maximum atomic E-state index is 11.5. The quantitative estimate of drug-likeness (QED) is 0.478. The van der Waals surface area contributed by atoms with Gasteiger partial charge >= 0.3 is 0 Å². The lowest BCUT2D eigenvalue weighted by Gasteiger charge is -2.10. The molecule has 2 rings (SSSR count). The predicted molar refractivity (Wildman–Crippen MR) is 90.4 cm³/mol. The minimum absolute atomic E-state index is 0.0966. The van der Waals surface area contributed by atoms with E-state index in [0.29, 0.717) is 5.69 Å². The predicted octanol–water partition coefficient (Wildman–Crippen LogP) is 3.63. The lowest BCUT2D eigenvalue weighted by molar-refractivity contribution is -0.384. The standard InChI is InChI=1S/C13H11Cl2N3O4S/c1-23(21,22)8-2-3-11(12(6-8)18(19)20)17-7-4-9(14)13(16)10(15)5-7/h2-6,17H,16H2,1H3. The van der Waals surface area contributed by atoms with Crippen LogP contribution in [0.2, 0.25) is 10.0 Å². The van der Waals surface area contributed by atoms with Gasteiger partial charge in [0.25, 0.3) is 5.69 Å². The van der Waals surface area contributed by atoms with Gasteiger partial charge in [-0.15, -0.1) is 0 Å². The molecule has 7 nitrogen and oxygen atoms in total. The summed E-state index contributed by atoms with van der Waals surface area (Å²) in [5.41, 5.74) is 5.90. The molecule has 122 valence electrons. The molecule has 23 heavy (non-hydrogen) atoms. The van der Waals surface area contributed by atoms with Crippen molar-refractivity contribution in [3.05, 3.63) is 50.5 Å². The Labute approximate surface area is 142 Å². The number of nitrogens with zero attached hydrogens (tertiary/aromatic N) is 1. The summed E-state index contributed by atoms with van der Waals surface area (Å²) >= 11 is 11.8. The van der Waals surface area contributed by atoms with Crippen LogP contribution in [-0.2, 0) is 9.84 Å². The monoisotopic (exact) mass is 375 g/mol. The fourth-order valence-electron chi connectivity index (χ4n) is 1.81. The fraction of sp³-hybridized carbons (Fsp3) is 0.0769. The first-order valence-electron chi connectivity index (χ1n) is 6.09. The van der Waals surface area contributed by atoms with Crippen LogP contribution in [0.3, 0.4) is 0 Å². The number of nitro groups is 1. The van der Waals surface area contributed by atoms with Gasteiger partial charge in [0.2, 0.25) is 0 Å². The average molecular weight is 376 g/mol. The second kappa shape index (κ2) is 6.23. The van der Waals surface area contributed by atoms with E-state index in [1.54, 1.807) is 0 Å². The molecule has 0 amide bonds. The van der Waals surface area contributed by atoms with Gasteiger partial charge in [-0.2, -0.15) is 0 Å². The maximum Gasteiger partial charge on any atom is 0.293 e. The highest BCUT2D eigenvalue weighted by molar-refractivity contribution is 7.90. The van der Waals surface area contributed by atoms with Crippen molar-refractivity contribution in [2.24, 2.45) is 0 Å². The van der Waals surface area contributed by atoms with Gasteiger partial charge in [-0.05, 0) is 24.3 Å². The molecule has 0 aliphatic carbocycles. The summed E-state index contributed by atoms with van der Waals surface area (Å²) in [5, 5.41) is 14.3. The number of nitrogens with one attached hydrogen (secondary N) is 1. The van der Waals surface area contributed by atoms with E-state index >= 15 is 0 Å². The van der Waals surface area contributed by atoms with E-state index < -0.39 is 20.4 Å². The molecule has 0 saturated heterocycles. The summed E-state index contributed by atoms with van der Waals surface area (Å²) in [5.74, 6) is 0. The molecule has 0 fully saturated rings. The third-order valence-corrected chi connectivity index (χ3v) is 4.69. The highest BCUT2D eigenvalue weighted by Gasteiger charge is 2.19. The van der Waals surface area contributed by atoms with E-state index in [4.69, 9.17) is 28.9 Å². The smallest absolute Gasteiger partial charge is 0.293 e. The topological polar surface area (TPSA) is 115 Å². The van der Waals surface area contributed by atoms with Gasteiger partial charge in [-0.3, -0.25) is 10.1 Å². The number of nitrogens with two attached hydrogens (primary N) is 1. The Balaban J connectivity index is 2.50. The van der Waals surface area contributed by atoms with E-state index in [9.17, 15) is 18.5 Å². The van der Waals surface area contributed by atoms with Crippen LogP contribution in [0.1, 0.15) is 0 Å². The minimum atomic E-state index is -3.56. The normalized spacial score (nSPS) is 11.3. The Morgan fingerprint density at radius 2 is 1.74 bits per heavy atom. The summed E-state index contributed by atoms with van der Waals surface area (Å²) < 4.78 is 23.0. The first kappa shape index (κ1) is 17.3. The molecule has 0 heterocycles. The van der Waals surface area contributed by atoms with Crippen molar-refractivity contribution in [3.8, 4) is 0 Å². The van der Waals surface area contributed by atoms with Crippen molar-refractivity contribution >= 4 is 55.8 Å². The van der Waals surface area contributed by atoms with Crippen molar-refractivity contribution < 1.29 is 13.3 Å². The molecule has 0 aliphatic rings. The van der Waals surface area contributed by atoms with Gasteiger partial charge in [-0.25, -0.2) is 8.42 Å². The fourth-order valence-corrected chi connectivity index (χ4v) is 2.94. The van der Waals surface area contributed by atoms with Crippen LogP contribution in [-0.4, -0.2) is 19.6 Å². The number of halogens is 2. The van der Waals surface area contributed by atoms with Crippen molar-refractivity contribution in [3.63, 3.8) is 0 Å². The van der Waals surface area contributed by atoms with Gasteiger partial charge in [0.05, 0.1) is 25.6 Å². The van der Waals surface area contributed by atoms with Gasteiger partial charge in [0.15, 0.2) is 9.84 Å². The molecule has 10 heteroatoms. The summed E-state index contributed by atoms with van der Waals surface area (Å²) in [6.07, 6.45) is 0.971. The summed E-state index contributed by atoms with van der Waals surface area (Å²) in [6, 6.07) is 6.46. The molecule has 0 atom stereocenters. The largest absolute Gasteiger partial charge is 0.396 e. The Bertz CT molecular complexity index is 877. The minimum Gasteiger partial charge on any atom is -0.396 e. The molecule has 0 radical (unpaired) electrons. The summed E-state index contributed by atoms with van der Waals surface area (Å²) in [4.78, 5) is 10.3. The summed E-state index contributed by atoms with van der Waals surface area (Å²) in [7, 11) is -3.56. The average Bonchev–Trinajstić information content (AvgIpc) is 2.43. The molecule has 3 N–H and O–H groups in total. The molecule has 2 aromatic rings. The molecular weight excluding hydrogens is 365 g/mol. The van der Waals surface area contributed by atoms with Crippen LogP contribution in [0, 0.1) is 10.1 Å². The number of nitro benzene ring substituents is 1. The van der Waals surface area contributed by atoms with Crippen LogP contribution in [0.4, 0.5) is 22.7 Å². The van der Waals surface area contributed by atoms with Crippen molar-refractivity contribution in [1.29, 1.82) is 0 Å². The van der Waals surface area contributed by atoms with E-state index in [0.717, 1.165) is 12.3 Å². The Morgan fingerprint density at radius 1 is 1.17 bits per heavy atom. The second-order valence-corrected chi connectivity index (χ2v) is 7.52. The molecule has 0 aromatic heterocycles. The van der Waals surface area contributed by atoms with Crippen molar-refractivity contribution in [1.82, 2.24) is 0 Å². The zero-order chi connectivity index (χ0) is 17.4. The van der Waals surface area contributed by atoms with E-state index in [-0.39, 0.29) is 26.3 Å². The van der Waals surface area contributed by atoms with Gasteiger partial charge < -0.3 is 11.1 Å². The first-order chi connectivity index (χ1) is 10.6. The number of hydrogen-bond donors (Lipinski definition) is 2. The molecule has 0 aliphatic heterocycles. The third kappa shape index (κ3) is 3.84. The lowest BCUT2D eigenvalue weighted by Crippen LogP contribution is -2.02. The van der Waals surface area contributed by atoms with Crippen molar-refractivity contribution in [2.45, 2.75) is 4.90 Å². The van der Waals surface area contributed by atoms with Crippen LogP contribution < -0.4 is 11.1 Å². The number of benzene rings is 2. The highest BCUT2D eigenvalue weighted by atomic mass is 35.5. The van der Waals surface area contributed by atoms with Crippen LogP contribution in [0.15, 0.2) is 35.2 Å². The molecule has 0 bridgehead atoms. The van der Waals surface area contributed by atoms with Crippen LogP contribution in [0.25, 0.3) is 0 Å². The Hall–Kier alpha value is -2.03. The first-order valence-corrected chi connectivity index (χ1v) is 8.74. The molecule has 0 unspecified atom stereocenters. The Kier molecular flexibility index (Phi) is 4.69. The van der Waals surface area contributed by atoms with E-state index in [2.05, 4.69) is 5.32 Å². The number of sulfone groups is 1. The van der Waals surface area contributed by atoms with Gasteiger partial charge in [0.1, 0.15) is 5.69 Å². The molecule has 2 aromatic carbocycles.